The van der Waals surface area contributed by atoms with E-state index in [1.807, 2.05) is 44.2 Å². The monoisotopic (exact) mass is 383 g/mol. The van der Waals surface area contributed by atoms with Crippen LogP contribution in [-0.4, -0.2) is 25.6 Å². The highest BCUT2D eigenvalue weighted by atomic mass is 16.5. The molecule has 0 bridgehead atoms. The average molecular weight is 383 g/mol. The van der Waals surface area contributed by atoms with Gasteiger partial charge in [-0.25, -0.2) is 0 Å². The molecule has 2 aromatic rings. The highest BCUT2D eigenvalue weighted by Crippen LogP contribution is 2.29. The first-order valence-electron chi connectivity index (χ1n) is 9.77. The van der Waals surface area contributed by atoms with Crippen molar-refractivity contribution >= 4 is 11.5 Å². The zero-order valence-corrected chi connectivity index (χ0v) is 16.9. The van der Waals surface area contributed by atoms with Gasteiger partial charge >= 0.3 is 0 Å². The number of rotatable bonds is 12. The minimum Gasteiger partial charge on any atom is -0.494 e. The lowest BCUT2D eigenvalue weighted by Crippen LogP contribution is -2.01. The molecule has 0 spiro atoms. The van der Waals surface area contributed by atoms with Crippen LogP contribution >= 0.6 is 0 Å². The fourth-order valence-corrected chi connectivity index (χ4v) is 2.51. The van der Waals surface area contributed by atoms with Gasteiger partial charge in [-0.05, 0) is 56.7 Å². The molecule has 2 rings (SSSR count). The Morgan fingerprint density at radius 3 is 2.32 bits per heavy atom. The van der Waals surface area contributed by atoms with Crippen molar-refractivity contribution in [2.45, 2.75) is 33.6 Å². The van der Waals surface area contributed by atoms with E-state index in [2.05, 4.69) is 12.2 Å². The summed E-state index contributed by atoms with van der Waals surface area (Å²) in [6.45, 7) is 7.81. The van der Waals surface area contributed by atoms with Crippen LogP contribution in [0.5, 0.6) is 17.2 Å². The van der Waals surface area contributed by atoms with Gasteiger partial charge in [0.1, 0.15) is 17.2 Å². The van der Waals surface area contributed by atoms with E-state index in [4.69, 9.17) is 14.2 Å². The van der Waals surface area contributed by atoms with Gasteiger partial charge in [-0.3, -0.25) is 4.79 Å². The van der Waals surface area contributed by atoms with Crippen LogP contribution in [0, 0.1) is 0 Å². The largest absolute Gasteiger partial charge is 0.494 e. The van der Waals surface area contributed by atoms with E-state index in [0.29, 0.717) is 31.1 Å². The number of hydrogen-bond donors (Lipinski definition) is 1. The van der Waals surface area contributed by atoms with Gasteiger partial charge in [0.15, 0.2) is 5.78 Å². The number of carbonyl (C=O) groups excluding carboxylic acids is 1. The molecule has 2 aromatic carbocycles. The molecule has 0 fully saturated rings. The molecule has 0 atom stereocenters. The lowest BCUT2D eigenvalue weighted by Gasteiger charge is -2.12. The summed E-state index contributed by atoms with van der Waals surface area (Å²) in [7, 11) is 0. The van der Waals surface area contributed by atoms with Crippen molar-refractivity contribution in [3.05, 3.63) is 60.3 Å². The van der Waals surface area contributed by atoms with Crippen molar-refractivity contribution in [1.29, 1.82) is 0 Å². The van der Waals surface area contributed by atoms with Crippen molar-refractivity contribution < 1.29 is 19.0 Å². The van der Waals surface area contributed by atoms with Crippen LogP contribution in [0.15, 0.2) is 54.7 Å². The molecule has 0 saturated heterocycles. The quantitative estimate of drug-likeness (QED) is 0.299. The Kier molecular flexibility index (Phi) is 8.92. The van der Waals surface area contributed by atoms with Gasteiger partial charge in [-0.2, -0.15) is 0 Å². The molecule has 5 heteroatoms. The molecule has 0 aliphatic heterocycles. The zero-order valence-electron chi connectivity index (χ0n) is 16.9. The number of hydrogen-bond acceptors (Lipinski definition) is 5. The Morgan fingerprint density at radius 2 is 1.64 bits per heavy atom. The minimum atomic E-state index is -0.0912. The van der Waals surface area contributed by atoms with E-state index in [-0.39, 0.29) is 5.78 Å². The normalized spacial score (nSPS) is 10.7. The molecule has 5 nitrogen and oxygen atoms in total. The molecule has 0 saturated carbocycles. The standard InChI is InChI=1S/C23H29NO4/c1-4-7-16-28-19-10-8-18(9-11-19)22(25)14-15-24-21-17-20(26-5-2)12-13-23(21)27-6-3/h8-15,17,24H,4-7,16H2,1-3H3. The average Bonchev–Trinajstić information content (AvgIpc) is 2.71. The van der Waals surface area contributed by atoms with Gasteiger partial charge in [0.2, 0.25) is 0 Å². The predicted octanol–water partition coefficient (Wildman–Crippen LogP) is 5.47. The minimum absolute atomic E-state index is 0.0912. The molecule has 0 amide bonds. The number of benzene rings is 2. The Hall–Kier alpha value is -2.95. The van der Waals surface area contributed by atoms with Crippen LogP contribution < -0.4 is 19.5 Å². The molecular formula is C23H29NO4. The summed E-state index contributed by atoms with van der Waals surface area (Å²) in [6.07, 6.45) is 5.22. The van der Waals surface area contributed by atoms with Crippen LogP contribution in [0.2, 0.25) is 0 Å². The molecule has 0 radical (unpaired) electrons. The van der Waals surface area contributed by atoms with E-state index < -0.39 is 0 Å². The third kappa shape index (κ3) is 6.65. The topological polar surface area (TPSA) is 56.8 Å². The maximum Gasteiger partial charge on any atom is 0.187 e. The second-order valence-corrected chi connectivity index (χ2v) is 6.09. The molecule has 1 N–H and O–H groups in total. The summed E-state index contributed by atoms with van der Waals surface area (Å²) in [4.78, 5) is 12.4. The van der Waals surface area contributed by atoms with Gasteiger partial charge in [0, 0.05) is 23.9 Å². The first kappa shape index (κ1) is 21.4. The van der Waals surface area contributed by atoms with E-state index in [9.17, 15) is 4.79 Å². The molecule has 0 aromatic heterocycles. The van der Waals surface area contributed by atoms with E-state index >= 15 is 0 Å². The van der Waals surface area contributed by atoms with Gasteiger partial charge < -0.3 is 19.5 Å². The summed E-state index contributed by atoms with van der Waals surface area (Å²) in [6, 6.07) is 12.8. The number of ether oxygens (including phenoxy) is 3. The van der Waals surface area contributed by atoms with Crippen LogP contribution in [0.3, 0.4) is 0 Å². The molecule has 0 unspecified atom stereocenters. The summed E-state index contributed by atoms with van der Waals surface area (Å²) in [5, 5.41) is 3.11. The maximum atomic E-state index is 12.4. The number of anilines is 1. The fraction of sp³-hybridized carbons (Fsp3) is 0.348. The van der Waals surface area contributed by atoms with E-state index in [0.717, 1.165) is 30.0 Å². The summed E-state index contributed by atoms with van der Waals surface area (Å²) >= 11 is 0. The lowest BCUT2D eigenvalue weighted by molar-refractivity contribution is 0.104. The van der Waals surface area contributed by atoms with Crippen LogP contribution in [-0.2, 0) is 0 Å². The van der Waals surface area contributed by atoms with Crippen LogP contribution in [0.1, 0.15) is 44.0 Å². The highest BCUT2D eigenvalue weighted by molar-refractivity contribution is 6.04. The van der Waals surface area contributed by atoms with Crippen molar-refractivity contribution in [3.63, 3.8) is 0 Å². The highest BCUT2D eigenvalue weighted by Gasteiger charge is 2.06. The number of nitrogens with one attached hydrogen (secondary N) is 1. The van der Waals surface area contributed by atoms with Crippen molar-refractivity contribution in [1.82, 2.24) is 0 Å². The van der Waals surface area contributed by atoms with Gasteiger partial charge in [-0.1, -0.05) is 13.3 Å². The third-order valence-corrected chi connectivity index (χ3v) is 3.94. The molecule has 150 valence electrons. The van der Waals surface area contributed by atoms with Crippen molar-refractivity contribution in [2.24, 2.45) is 0 Å². The predicted molar refractivity (Wildman–Crippen MR) is 113 cm³/mol. The molecule has 0 heterocycles. The van der Waals surface area contributed by atoms with Crippen molar-refractivity contribution in [2.75, 3.05) is 25.1 Å². The van der Waals surface area contributed by atoms with Crippen LogP contribution in [0.25, 0.3) is 0 Å². The third-order valence-electron chi connectivity index (χ3n) is 3.94. The summed E-state index contributed by atoms with van der Waals surface area (Å²) < 4.78 is 16.8. The van der Waals surface area contributed by atoms with Gasteiger partial charge in [-0.15, -0.1) is 0 Å². The molecule has 0 aliphatic rings. The number of allylic oxidation sites excluding steroid dienone is 1. The number of carbonyl (C=O) groups is 1. The first-order valence-corrected chi connectivity index (χ1v) is 9.77. The Labute approximate surface area is 167 Å². The summed E-state index contributed by atoms with van der Waals surface area (Å²) in [5.74, 6) is 2.14. The Bertz CT molecular complexity index is 769. The first-order chi connectivity index (χ1) is 13.7. The molecule has 28 heavy (non-hydrogen) atoms. The molecular weight excluding hydrogens is 354 g/mol. The van der Waals surface area contributed by atoms with E-state index in [1.165, 1.54) is 6.08 Å². The fourth-order valence-electron chi connectivity index (χ4n) is 2.51. The Balaban J connectivity index is 1.99. The van der Waals surface area contributed by atoms with Crippen LogP contribution in [0.4, 0.5) is 5.69 Å². The summed E-state index contributed by atoms with van der Waals surface area (Å²) in [5.41, 5.74) is 1.35. The zero-order chi connectivity index (χ0) is 20.2. The van der Waals surface area contributed by atoms with Gasteiger partial charge in [0.25, 0.3) is 0 Å². The second-order valence-electron chi connectivity index (χ2n) is 6.09. The van der Waals surface area contributed by atoms with Crippen molar-refractivity contribution in [3.8, 4) is 17.2 Å². The van der Waals surface area contributed by atoms with E-state index in [1.54, 1.807) is 18.3 Å². The second kappa shape index (κ2) is 11.7. The SMILES string of the molecule is CCCCOc1ccc(C(=O)C=CNc2cc(OCC)ccc2OCC)cc1. The molecule has 0 aliphatic carbocycles. The Morgan fingerprint density at radius 1 is 0.929 bits per heavy atom. The number of ketones is 1. The smallest absolute Gasteiger partial charge is 0.187 e. The number of unbranched alkanes of at least 4 members (excludes halogenated alkanes) is 1. The van der Waals surface area contributed by atoms with Gasteiger partial charge in [0.05, 0.1) is 25.5 Å². The lowest BCUT2D eigenvalue weighted by atomic mass is 10.1. The maximum absolute atomic E-state index is 12.4.